The number of nitrogens with one attached hydrogen (secondary N) is 1. The van der Waals surface area contributed by atoms with E-state index in [2.05, 4.69) is 5.09 Å². The maximum atomic E-state index is 11.4. The van der Waals surface area contributed by atoms with Gasteiger partial charge in [0.2, 0.25) is 5.91 Å². The van der Waals surface area contributed by atoms with Crippen LogP contribution in [0.2, 0.25) is 0 Å². The molecule has 1 atom stereocenters. The average Bonchev–Trinajstić information content (AvgIpc) is 2.05. The van der Waals surface area contributed by atoms with Crippen LogP contribution in [0.25, 0.3) is 0 Å². The standard InChI is InChI=1S/C6H14NO3PS/c1-4-5-6(8)7-11(9,10-2)12-3/h4-5H2,1-3H3,(H,7,8,9). The van der Waals surface area contributed by atoms with Gasteiger partial charge in [-0.3, -0.25) is 14.4 Å². The van der Waals surface area contributed by atoms with E-state index in [1.165, 1.54) is 7.11 Å². The molecule has 0 fully saturated rings. The van der Waals surface area contributed by atoms with Crippen molar-refractivity contribution in [3.8, 4) is 0 Å². The van der Waals surface area contributed by atoms with Crippen LogP contribution in [0.4, 0.5) is 0 Å². The van der Waals surface area contributed by atoms with E-state index < -0.39 is 6.72 Å². The molecule has 0 aromatic carbocycles. The summed E-state index contributed by atoms with van der Waals surface area (Å²) in [5, 5.41) is 2.35. The number of hydrogen-bond donors (Lipinski definition) is 1. The van der Waals surface area contributed by atoms with Crippen molar-refractivity contribution in [2.45, 2.75) is 19.8 Å². The van der Waals surface area contributed by atoms with Crippen LogP contribution < -0.4 is 5.09 Å². The Hall–Kier alpha value is 0.01000. The third-order valence-corrected chi connectivity index (χ3v) is 4.87. The van der Waals surface area contributed by atoms with Crippen molar-refractivity contribution < 1.29 is 13.9 Å². The fraction of sp³-hybridized carbons (Fsp3) is 0.833. The topological polar surface area (TPSA) is 55.4 Å². The minimum atomic E-state index is -2.95. The molecule has 0 saturated carbocycles. The van der Waals surface area contributed by atoms with E-state index in [0.717, 1.165) is 17.8 Å². The van der Waals surface area contributed by atoms with Crippen LogP contribution in [-0.2, 0) is 13.9 Å². The van der Waals surface area contributed by atoms with Gasteiger partial charge in [-0.2, -0.15) is 0 Å². The molecule has 0 rings (SSSR count). The van der Waals surface area contributed by atoms with Gasteiger partial charge in [-0.15, -0.1) is 0 Å². The molecule has 72 valence electrons. The van der Waals surface area contributed by atoms with Gasteiger partial charge in [-0.05, 0) is 12.7 Å². The summed E-state index contributed by atoms with van der Waals surface area (Å²) in [5.74, 6) is -0.225. The number of hydrogen-bond acceptors (Lipinski definition) is 4. The van der Waals surface area contributed by atoms with E-state index in [0.29, 0.717) is 6.42 Å². The van der Waals surface area contributed by atoms with Crippen molar-refractivity contribution in [3.05, 3.63) is 0 Å². The zero-order chi connectivity index (χ0) is 9.61. The van der Waals surface area contributed by atoms with Gasteiger partial charge in [-0.25, -0.2) is 0 Å². The van der Waals surface area contributed by atoms with E-state index >= 15 is 0 Å². The van der Waals surface area contributed by atoms with Gasteiger partial charge in [0.15, 0.2) is 0 Å². The van der Waals surface area contributed by atoms with Crippen LogP contribution >= 0.6 is 18.1 Å². The lowest BCUT2D eigenvalue weighted by Crippen LogP contribution is -2.18. The summed E-state index contributed by atoms with van der Waals surface area (Å²) in [6, 6.07) is 0. The highest BCUT2D eigenvalue weighted by atomic mass is 32.7. The maximum Gasteiger partial charge on any atom is 0.352 e. The van der Waals surface area contributed by atoms with E-state index in [-0.39, 0.29) is 5.91 Å². The smallest absolute Gasteiger partial charge is 0.309 e. The molecule has 4 nitrogen and oxygen atoms in total. The van der Waals surface area contributed by atoms with Gasteiger partial charge in [0.1, 0.15) is 0 Å². The number of rotatable bonds is 5. The first-order valence-corrected chi connectivity index (χ1v) is 7.06. The van der Waals surface area contributed by atoms with Gasteiger partial charge in [0, 0.05) is 13.5 Å². The van der Waals surface area contributed by atoms with Gasteiger partial charge in [0.25, 0.3) is 0 Å². The van der Waals surface area contributed by atoms with Gasteiger partial charge in [0.05, 0.1) is 0 Å². The molecule has 1 unspecified atom stereocenters. The quantitative estimate of drug-likeness (QED) is 0.707. The molecule has 12 heavy (non-hydrogen) atoms. The zero-order valence-electron chi connectivity index (χ0n) is 7.49. The first-order valence-electron chi connectivity index (χ1n) is 3.60. The molecule has 0 bridgehead atoms. The van der Waals surface area contributed by atoms with Crippen molar-refractivity contribution in [2.75, 3.05) is 13.4 Å². The van der Waals surface area contributed by atoms with Crippen LogP contribution in [0.1, 0.15) is 19.8 Å². The molecule has 0 aliphatic rings. The molecule has 6 heteroatoms. The predicted octanol–water partition coefficient (Wildman–Crippen LogP) is 2.02. The lowest BCUT2D eigenvalue weighted by atomic mass is 10.3. The Morgan fingerprint density at radius 1 is 1.67 bits per heavy atom. The average molecular weight is 211 g/mol. The first-order chi connectivity index (χ1) is 5.58. The van der Waals surface area contributed by atoms with E-state index in [9.17, 15) is 9.36 Å². The predicted molar refractivity (Wildman–Crippen MR) is 51.2 cm³/mol. The second-order valence-electron chi connectivity index (χ2n) is 2.15. The normalized spacial score (nSPS) is 15.2. The second-order valence-corrected chi connectivity index (χ2v) is 6.63. The molecule has 0 heterocycles. The van der Waals surface area contributed by atoms with Crippen LogP contribution in [-0.4, -0.2) is 19.3 Å². The SMILES string of the molecule is CCCC(=O)NP(=O)(OC)SC. The molecule has 0 aromatic rings. The Kier molecular flexibility index (Phi) is 5.63. The molecule has 1 N–H and O–H groups in total. The Bertz CT molecular complexity index is 189. The number of carbonyl (C=O) groups excluding carboxylic acids is 1. The molecule has 0 radical (unpaired) electrons. The summed E-state index contributed by atoms with van der Waals surface area (Å²) < 4.78 is 16.1. The largest absolute Gasteiger partial charge is 0.352 e. The molecule has 0 saturated heterocycles. The summed E-state index contributed by atoms with van der Waals surface area (Å²) in [6.45, 7) is -1.06. The van der Waals surface area contributed by atoms with Gasteiger partial charge >= 0.3 is 6.72 Å². The maximum absolute atomic E-state index is 11.4. The molecule has 0 aliphatic carbocycles. The van der Waals surface area contributed by atoms with Crippen LogP contribution in [0, 0.1) is 0 Å². The fourth-order valence-corrected chi connectivity index (χ4v) is 2.38. The van der Waals surface area contributed by atoms with Crippen molar-refractivity contribution in [1.29, 1.82) is 0 Å². The third-order valence-electron chi connectivity index (χ3n) is 1.22. The van der Waals surface area contributed by atoms with Crippen LogP contribution in [0.5, 0.6) is 0 Å². The number of carbonyl (C=O) groups is 1. The zero-order valence-corrected chi connectivity index (χ0v) is 9.21. The van der Waals surface area contributed by atoms with E-state index in [1.54, 1.807) is 6.26 Å². The summed E-state index contributed by atoms with van der Waals surface area (Å²) in [7, 11) is 1.32. The van der Waals surface area contributed by atoms with Crippen molar-refractivity contribution >= 4 is 24.0 Å². The highest BCUT2D eigenvalue weighted by Crippen LogP contribution is 2.53. The van der Waals surface area contributed by atoms with Crippen LogP contribution in [0.3, 0.4) is 0 Å². The van der Waals surface area contributed by atoms with Gasteiger partial charge < -0.3 is 4.52 Å². The Morgan fingerprint density at radius 3 is 2.58 bits per heavy atom. The summed E-state index contributed by atoms with van der Waals surface area (Å²) in [5.41, 5.74) is 0. The second kappa shape index (κ2) is 5.62. The molecular weight excluding hydrogens is 197 g/mol. The molecule has 1 amide bonds. The minimum Gasteiger partial charge on any atom is -0.309 e. The van der Waals surface area contributed by atoms with Crippen LogP contribution in [0.15, 0.2) is 0 Å². The lowest BCUT2D eigenvalue weighted by molar-refractivity contribution is -0.119. The van der Waals surface area contributed by atoms with Crippen molar-refractivity contribution in [3.63, 3.8) is 0 Å². The molecule has 0 aromatic heterocycles. The first kappa shape index (κ1) is 12.0. The Morgan fingerprint density at radius 2 is 2.25 bits per heavy atom. The highest BCUT2D eigenvalue weighted by molar-refractivity contribution is 8.55. The summed E-state index contributed by atoms with van der Waals surface area (Å²) in [4.78, 5) is 11.0. The van der Waals surface area contributed by atoms with Crippen molar-refractivity contribution in [1.82, 2.24) is 5.09 Å². The lowest BCUT2D eigenvalue weighted by Gasteiger charge is -2.13. The van der Waals surface area contributed by atoms with E-state index in [1.807, 2.05) is 6.92 Å². The Balaban J connectivity index is 4.03. The van der Waals surface area contributed by atoms with Gasteiger partial charge in [-0.1, -0.05) is 18.3 Å². The monoisotopic (exact) mass is 211 g/mol. The summed E-state index contributed by atoms with van der Waals surface area (Å²) >= 11 is 1.03. The fourth-order valence-electron chi connectivity index (χ4n) is 0.602. The highest BCUT2D eigenvalue weighted by Gasteiger charge is 2.21. The van der Waals surface area contributed by atoms with Crippen molar-refractivity contribution in [2.24, 2.45) is 0 Å². The van der Waals surface area contributed by atoms with E-state index in [4.69, 9.17) is 4.52 Å². The Labute approximate surface area is 76.7 Å². The molecule has 0 aliphatic heterocycles. The molecule has 0 spiro atoms. The minimum absolute atomic E-state index is 0.225. The summed E-state index contributed by atoms with van der Waals surface area (Å²) in [6.07, 6.45) is 2.76. The number of amides is 1. The third kappa shape index (κ3) is 4.14. The molecular formula is C6H14NO3PS.